The van der Waals surface area contributed by atoms with E-state index < -0.39 is 0 Å². The first-order valence-electron chi connectivity index (χ1n) is 10.3. The number of fused-ring (bicyclic) bond motifs is 2. The number of carbonyl (C=O) groups is 1. The van der Waals surface area contributed by atoms with E-state index in [2.05, 4.69) is 44.8 Å². The number of rotatable bonds is 4. The maximum absolute atomic E-state index is 12.8. The number of thiocarbonyl (C=S) groups is 1. The van der Waals surface area contributed by atoms with Gasteiger partial charge in [-0.25, -0.2) is 4.98 Å². The van der Waals surface area contributed by atoms with Crippen molar-refractivity contribution in [2.45, 2.75) is 6.54 Å². The predicted molar refractivity (Wildman–Crippen MR) is 144 cm³/mol. The third kappa shape index (κ3) is 4.66. The molecule has 0 aliphatic heterocycles. The van der Waals surface area contributed by atoms with Gasteiger partial charge in [0.2, 0.25) is 0 Å². The fraction of sp³-hybridized carbons (Fsp3) is 0.0385. The van der Waals surface area contributed by atoms with Crippen molar-refractivity contribution in [1.29, 1.82) is 0 Å². The first kappa shape index (κ1) is 21.7. The van der Waals surface area contributed by atoms with Gasteiger partial charge in [0.1, 0.15) is 5.01 Å². The van der Waals surface area contributed by atoms with Crippen LogP contribution in [-0.4, -0.2) is 16.0 Å². The van der Waals surface area contributed by atoms with Gasteiger partial charge in [0.15, 0.2) is 5.11 Å². The van der Waals surface area contributed by atoms with E-state index in [1.165, 1.54) is 4.70 Å². The molecular weight excluding hydrogens is 514 g/mol. The van der Waals surface area contributed by atoms with Gasteiger partial charge in [-0.05, 0) is 52.8 Å². The van der Waals surface area contributed by atoms with Crippen molar-refractivity contribution in [1.82, 2.24) is 15.6 Å². The molecule has 0 fully saturated rings. The van der Waals surface area contributed by atoms with Gasteiger partial charge < -0.3 is 5.32 Å². The minimum Gasteiger partial charge on any atom is -0.358 e. The van der Waals surface area contributed by atoms with Crippen LogP contribution in [0.25, 0.3) is 31.6 Å². The van der Waals surface area contributed by atoms with Crippen molar-refractivity contribution in [3.05, 3.63) is 101 Å². The molecule has 4 aromatic carbocycles. The number of carbonyl (C=O) groups excluding carboxylic acids is 1. The molecule has 0 saturated heterocycles. The number of hydrogen-bond acceptors (Lipinski definition) is 4. The Bertz CT molecular complexity index is 1460. The van der Waals surface area contributed by atoms with Gasteiger partial charge in [-0.15, -0.1) is 11.3 Å². The monoisotopic (exact) mass is 531 g/mol. The number of nitrogens with one attached hydrogen (secondary N) is 2. The van der Waals surface area contributed by atoms with Crippen LogP contribution in [0.15, 0.2) is 89.4 Å². The van der Waals surface area contributed by atoms with Gasteiger partial charge in [-0.2, -0.15) is 0 Å². The number of halogens is 1. The molecular formula is C26H18BrN3OS2. The summed E-state index contributed by atoms with van der Waals surface area (Å²) >= 11 is 10.6. The Labute approximate surface area is 208 Å². The molecule has 0 unspecified atom stereocenters. The Morgan fingerprint density at radius 3 is 2.48 bits per heavy atom. The normalized spacial score (nSPS) is 10.9. The van der Waals surface area contributed by atoms with Crippen LogP contribution >= 0.6 is 39.5 Å². The molecule has 5 rings (SSSR count). The fourth-order valence-corrected chi connectivity index (χ4v) is 5.26. The largest absolute Gasteiger partial charge is 0.358 e. The zero-order valence-electron chi connectivity index (χ0n) is 17.3. The molecule has 0 atom stereocenters. The van der Waals surface area contributed by atoms with Gasteiger partial charge in [-0.1, -0.05) is 76.6 Å². The lowest BCUT2D eigenvalue weighted by Gasteiger charge is -2.12. The molecule has 33 heavy (non-hydrogen) atoms. The molecule has 0 bridgehead atoms. The van der Waals surface area contributed by atoms with Crippen molar-refractivity contribution >= 4 is 71.5 Å². The highest BCUT2D eigenvalue weighted by molar-refractivity contribution is 9.10. The lowest BCUT2D eigenvalue weighted by atomic mass is 10.0. The predicted octanol–water partition coefficient (Wildman–Crippen LogP) is 6.68. The lowest BCUT2D eigenvalue weighted by Crippen LogP contribution is -2.38. The minimum absolute atomic E-state index is 0.234. The van der Waals surface area contributed by atoms with E-state index in [0.29, 0.717) is 17.2 Å². The molecule has 0 radical (unpaired) electrons. The lowest BCUT2D eigenvalue weighted by molar-refractivity contribution is 0.0978. The van der Waals surface area contributed by atoms with Crippen molar-refractivity contribution < 1.29 is 4.79 Å². The van der Waals surface area contributed by atoms with Crippen LogP contribution < -0.4 is 10.6 Å². The highest BCUT2D eigenvalue weighted by Gasteiger charge is 2.12. The standard InChI is InChI=1S/C26H18BrN3OS2/c27-21-8-4-5-18-19(21)6-3-7-20(18)24(31)30-26(32)28-15-16-11-13-17(14-12-16)25-29-22-9-1-2-10-23(22)33-25/h1-14H,15H2,(H2,28,30,31,32). The van der Waals surface area contributed by atoms with Crippen LogP contribution in [0.4, 0.5) is 0 Å². The molecule has 162 valence electrons. The summed E-state index contributed by atoms with van der Waals surface area (Å²) in [5.41, 5.74) is 3.74. The molecule has 0 aliphatic carbocycles. The van der Waals surface area contributed by atoms with Crippen molar-refractivity contribution in [3.63, 3.8) is 0 Å². The number of thiazole rings is 1. The molecule has 4 nitrogen and oxygen atoms in total. The number of aromatic nitrogens is 1. The number of nitrogens with zero attached hydrogens (tertiary/aromatic N) is 1. The number of amides is 1. The second kappa shape index (κ2) is 9.39. The fourth-order valence-electron chi connectivity index (χ4n) is 3.63. The third-order valence-electron chi connectivity index (χ3n) is 5.29. The van der Waals surface area contributed by atoms with Crippen molar-refractivity contribution in [3.8, 4) is 10.6 Å². The second-order valence-corrected chi connectivity index (χ2v) is 9.75. The smallest absolute Gasteiger partial charge is 0.258 e. The summed E-state index contributed by atoms with van der Waals surface area (Å²) in [5.74, 6) is -0.234. The van der Waals surface area contributed by atoms with Gasteiger partial charge in [0.05, 0.1) is 10.2 Å². The number of para-hydroxylation sites is 1. The molecule has 1 amide bonds. The summed E-state index contributed by atoms with van der Waals surface area (Å²) in [7, 11) is 0. The highest BCUT2D eigenvalue weighted by atomic mass is 79.9. The Morgan fingerprint density at radius 1 is 0.909 bits per heavy atom. The summed E-state index contributed by atoms with van der Waals surface area (Å²) in [5, 5.41) is 9.06. The van der Waals surface area contributed by atoms with E-state index in [9.17, 15) is 4.79 Å². The average molecular weight is 532 g/mol. The van der Waals surface area contributed by atoms with E-state index in [4.69, 9.17) is 17.2 Å². The van der Waals surface area contributed by atoms with E-state index in [0.717, 1.165) is 36.9 Å². The van der Waals surface area contributed by atoms with Crippen LogP contribution in [0.5, 0.6) is 0 Å². The zero-order valence-corrected chi connectivity index (χ0v) is 20.6. The summed E-state index contributed by atoms with van der Waals surface area (Å²) in [6, 6.07) is 27.8. The maximum atomic E-state index is 12.8. The quantitative estimate of drug-likeness (QED) is 0.254. The highest BCUT2D eigenvalue weighted by Crippen LogP contribution is 2.30. The van der Waals surface area contributed by atoms with Gasteiger partial charge in [0, 0.05) is 22.1 Å². The Hall–Kier alpha value is -3.13. The topological polar surface area (TPSA) is 54.0 Å². The molecule has 0 saturated carbocycles. The van der Waals surface area contributed by atoms with E-state index in [1.807, 2.05) is 60.7 Å². The Kier molecular flexibility index (Phi) is 6.17. The van der Waals surface area contributed by atoms with Gasteiger partial charge in [-0.3, -0.25) is 10.1 Å². The molecule has 5 aromatic rings. The first-order chi connectivity index (χ1) is 16.1. The van der Waals surface area contributed by atoms with Crippen LogP contribution in [-0.2, 0) is 6.54 Å². The van der Waals surface area contributed by atoms with E-state index in [-0.39, 0.29) is 5.91 Å². The number of hydrogen-bond donors (Lipinski definition) is 2. The van der Waals surface area contributed by atoms with Crippen molar-refractivity contribution in [2.24, 2.45) is 0 Å². The molecule has 0 spiro atoms. The summed E-state index contributed by atoms with van der Waals surface area (Å²) < 4.78 is 2.13. The molecule has 7 heteroatoms. The summed E-state index contributed by atoms with van der Waals surface area (Å²) in [6.07, 6.45) is 0. The van der Waals surface area contributed by atoms with Crippen LogP contribution in [0, 0.1) is 0 Å². The van der Waals surface area contributed by atoms with E-state index in [1.54, 1.807) is 17.4 Å². The first-order valence-corrected chi connectivity index (χ1v) is 12.3. The summed E-state index contributed by atoms with van der Waals surface area (Å²) in [4.78, 5) is 17.5. The third-order valence-corrected chi connectivity index (χ3v) is 7.31. The maximum Gasteiger partial charge on any atom is 0.258 e. The van der Waals surface area contributed by atoms with Crippen molar-refractivity contribution in [2.75, 3.05) is 0 Å². The minimum atomic E-state index is -0.234. The summed E-state index contributed by atoms with van der Waals surface area (Å²) in [6.45, 7) is 0.514. The van der Waals surface area contributed by atoms with Crippen LogP contribution in [0.3, 0.4) is 0 Å². The molecule has 0 aliphatic rings. The SMILES string of the molecule is O=C(NC(=S)NCc1ccc(-c2nc3ccccc3s2)cc1)c1cccc2c(Br)cccc12. The van der Waals surface area contributed by atoms with Crippen LogP contribution in [0.1, 0.15) is 15.9 Å². The molecule has 1 aromatic heterocycles. The van der Waals surface area contributed by atoms with Gasteiger partial charge in [0.25, 0.3) is 5.91 Å². The molecule has 2 N–H and O–H groups in total. The zero-order chi connectivity index (χ0) is 22.8. The Balaban J connectivity index is 1.22. The number of benzene rings is 4. The van der Waals surface area contributed by atoms with E-state index >= 15 is 0 Å². The average Bonchev–Trinajstić information content (AvgIpc) is 3.27. The second-order valence-electron chi connectivity index (χ2n) is 7.46. The Morgan fingerprint density at radius 2 is 1.67 bits per heavy atom. The van der Waals surface area contributed by atoms with Crippen LogP contribution in [0.2, 0.25) is 0 Å². The van der Waals surface area contributed by atoms with Gasteiger partial charge >= 0.3 is 0 Å². The molecule has 1 heterocycles.